The van der Waals surface area contributed by atoms with Gasteiger partial charge in [-0.2, -0.15) is 0 Å². The maximum atomic E-state index is 4.60. The molecule has 18 heavy (non-hydrogen) atoms. The third kappa shape index (κ3) is 3.23. The van der Waals surface area contributed by atoms with Crippen LogP contribution in [0.15, 0.2) is 6.20 Å². The highest BCUT2D eigenvalue weighted by molar-refractivity contribution is 7.15. The summed E-state index contributed by atoms with van der Waals surface area (Å²) in [5.41, 5.74) is 0.434. The summed E-state index contributed by atoms with van der Waals surface area (Å²) in [5, 5.41) is 4.70. The van der Waals surface area contributed by atoms with E-state index in [1.54, 1.807) is 0 Å². The van der Waals surface area contributed by atoms with Crippen molar-refractivity contribution in [3.63, 3.8) is 0 Å². The van der Waals surface area contributed by atoms with Crippen molar-refractivity contribution in [1.29, 1.82) is 0 Å². The van der Waals surface area contributed by atoms with Crippen LogP contribution >= 0.6 is 11.3 Å². The Morgan fingerprint density at radius 1 is 1.44 bits per heavy atom. The molecule has 1 aliphatic heterocycles. The molecule has 2 heterocycles. The lowest BCUT2D eigenvalue weighted by Crippen LogP contribution is -2.38. The molecule has 0 spiro atoms. The number of thiazole rings is 1. The molecule has 1 N–H and O–H groups in total. The maximum Gasteiger partial charge on any atom is 0.185 e. The molecule has 1 aromatic rings. The summed E-state index contributed by atoms with van der Waals surface area (Å²) in [5.74, 6) is 0. The van der Waals surface area contributed by atoms with E-state index in [1.165, 1.54) is 22.9 Å². The Labute approximate surface area is 115 Å². The summed E-state index contributed by atoms with van der Waals surface area (Å²) in [4.78, 5) is 8.38. The van der Waals surface area contributed by atoms with E-state index in [0.717, 1.165) is 13.1 Å². The molecule has 1 saturated heterocycles. The number of hydrogen-bond acceptors (Lipinski definition) is 4. The first-order chi connectivity index (χ1) is 8.28. The van der Waals surface area contributed by atoms with E-state index < -0.39 is 0 Å². The van der Waals surface area contributed by atoms with Crippen LogP contribution in [0.3, 0.4) is 0 Å². The smallest absolute Gasteiger partial charge is 0.185 e. The second-order valence-electron chi connectivity index (χ2n) is 6.78. The monoisotopic (exact) mass is 267 g/mol. The van der Waals surface area contributed by atoms with Gasteiger partial charge in [0.15, 0.2) is 5.13 Å². The predicted octanol–water partition coefficient (Wildman–Crippen LogP) is 3.41. The summed E-state index contributed by atoms with van der Waals surface area (Å²) in [6.07, 6.45) is 4.57. The number of rotatable bonds is 3. The van der Waals surface area contributed by atoms with Crippen molar-refractivity contribution in [2.45, 2.75) is 65.1 Å². The molecule has 0 radical (unpaired) electrons. The third-order valence-corrected chi connectivity index (χ3v) is 4.49. The minimum absolute atomic E-state index is 0.164. The maximum absolute atomic E-state index is 4.60. The van der Waals surface area contributed by atoms with Gasteiger partial charge in [-0.1, -0.05) is 0 Å². The molecule has 1 aliphatic rings. The van der Waals surface area contributed by atoms with Gasteiger partial charge in [-0.25, -0.2) is 4.98 Å². The zero-order chi connectivity index (χ0) is 13.4. The Morgan fingerprint density at radius 2 is 2.17 bits per heavy atom. The molecule has 0 bridgehead atoms. The first kappa shape index (κ1) is 13.8. The fourth-order valence-corrected chi connectivity index (χ4v) is 3.36. The van der Waals surface area contributed by atoms with E-state index >= 15 is 0 Å². The molecule has 0 unspecified atom stereocenters. The number of aromatic nitrogens is 1. The number of nitrogens with zero attached hydrogens (tertiary/aromatic N) is 2. The van der Waals surface area contributed by atoms with Crippen molar-refractivity contribution in [1.82, 2.24) is 10.3 Å². The molecule has 4 heteroatoms. The summed E-state index contributed by atoms with van der Waals surface area (Å²) in [6.45, 7) is 13.3. The van der Waals surface area contributed by atoms with Gasteiger partial charge in [-0.15, -0.1) is 11.3 Å². The summed E-state index contributed by atoms with van der Waals surface area (Å²) >= 11 is 1.83. The Kier molecular flexibility index (Phi) is 3.70. The van der Waals surface area contributed by atoms with Crippen LogP contribution in [0.25, 0.3) is 0 Å². The molecule has 0 aromatic carbocycles. The predicted molar refractivity (Wildman–Crippen MR) is 79.4 cm³/mol. The van der Waals surface area contributed by atoms with Gasteiger partial charge in [0.25, 0.3) is 0 Å². The second kappa shape index (κ2) is 4.82. The lowest BCUT2D eigenvalue weighted by molar-refractivity contribution is 0.426. The van der Waals surface area contributed by atoms with Crippen molar-refractivity contribution < 1.29 is 0 Å². The fraction of sp³-hybridized carbons (Fsp3) is 0.786. The molecule has 3 nitrogen and oxygen atoms in total. The van der Waals surface area contributed by atoms with Crippen molar-refractivity contribution in [3.8, 4) is 0 Å². The van der Waals surface area contributed by atoms with Gasteiger partial charge in [0.2, 0.25) is 0 Å². The van der Waals surface area contributed by atoms with Gasteiger partial charge in [0.05, 0.1) is 0 Å². The molecule has 1 fully saturated rings. The van der Waals surface area contributed by atoms with E-state index in [0.29, 0.717) is 0 Å². The number of hydrogen-bond donors (Lipinski definition) is 1. The first-order valence-corrected chi connectivity index (χ1v) is 7.57. The Morgan fingerprint density at radius 3 is 2.72 bits per heavy atom. The van der Waals surface area contributed by atoms with Crippen LogP contribution in [0.5, 0.6) is 0 Å². The third-order valence-electron chi connectivity index (χ3n) is 3.47. The topological polar surface area (TPSA) is 28.2 Å². The summed E-state index contributed by atoms with van der Waals surface area (Å²) < 4.78 is 0. The van der Waals surface area contributed by atoms with Crippen LogP contribution in [0.4, 0.5) is 5.13 Å². The lowest BCUT2D eigenvalue weighted by atomic mass is 10.0. The highest BCUT2D eigenvalue weighted by atomic mass is 32.1. The van der Waals surface area contributed by atoms with Crippen molar-refractivity contribution in [2.24, 2.45) is 0 Å². The molecule has 2 rings (SSSR count). The summed E-state index contributed by atoms with van der Waals surface area (Å²) in [7, 11) is 0. The lowest BCUT2D eigenvalue weighted by Gasteiger charge is -2.31. The number of nitrogens with one attached hydrogen (secondary N) is 1. The van der Waals surface area contributed by atoms with Gasteiger partial charge in [0, 0.05) is 35.2 Å². The number of anilines is 1. The fourth-order valence-electron chi connectivity index (χ4n) is 2.32. The van der Waals surface area contributed by atoms with Crippen LogP contribution < -0.4 is 10.2 Å². The zero-order valence-electron chi connectivity index (χ0n) is 12.2. The highest BCUT2D eigenvalue weighted by Crippen LogP contribution is 2.35. The van der Waals surface area contributed by atoms with Crippen molar-refractivity contribution in [3.05, 3.63) is 11.1 Å². The molecular formula is C14H25N3S. The van der Waals surface area contributed by atoms with Gasteiger partial charge < -0.3 is 10.2 Å². The van der Waals surface area contributed by atoms with Crippen molar-refractivity contribution >= 4 is 16.5 Å². The Hall–Kier alpha value is -0.610. The second-order valence-corrected chi connectivity index (χ2v) is 7.87. The van der Waals surface area contributed by atoms with E-state index in [1.807, 2.05) is 17.5 Å². The van der Waals surface area contributed by atoms with Gasteiger partial charge in [0.1, 0.15) is 0 Å². The molecule has 0 atom stereocenters. The average Bonchev–Trinajstić information content (AvgIpc) is 2.79. The normalized spacial score (nSPS) is 19.5. The van der Waals surface area contributed by atoms with E-state index in [-0.39, 0.29) is 11.1 Å². The van der Waals surface area contributed by atoms with Crippen LogP contribution in [-0.2, 0) is 6.54 Å². The van der Waals surface area contributed by atoms with Gasteiger partial charge in [-0.3, -0.25) is 0 Å². The highest BCUT2D eigenvalue weighted by Gasteiger charge is 2.33. The molecule has 0 aliphatic carbocycles. The van der Waals surface area contributed by atoms with E-state index in [4.69, 9.17) is 0 Å². The largest absolute Gasteiger partial charge is 0.343 e. The van der Waals surface area contributed by atoms with Crippen LogP contribution in [0, 0.1) is 0 Å². The van der Waals surface area contributed by atoms with Gasteiger partial charge in [-0.05, 0) is 47.5 Å². The minimum Gasteiger partial charge on any atom is -0.343 e. The minimum atomic E-state index is 0.164. The molecular weight excluding hydrogens is 242 g/mol. The Bertz CT molecular complexity index is 403. The standard InChI is InChI=1S/C14H25N3S/c1-13(2,3)16-10-11-9-15-12(18-11)17-8-6-7-14(17,4)5/h9,16H,6-8,10H2,1-5H3. The molecule has 0 amide bonds. The van der Waals surface area contributed by atoms with Crippen LogP contribution in [0.2, 0.25) is 0 Å². The van der Waals surface area contributed by atoms with E-state index in [2.05, 4.69) is 49.8 Å². The SMILES string of the molecule is CC(C)(C)NCc1cnc(N2CCCC2(C)C)s1. The van der Waals surface area contributed by atoms with Crippen LogP contribution in [-0.4, -0.2) is 22.6 Å². The average molecular weight is 267 g/mol. The zero-order valence-corrected chi connectivity index (χ0v) is 13.0. The van der Waals surface area contributed by atoms with Crippen molar-refractivity contribution in [2.75, 3.05) is 11.4 Å². The van der Waals surface area contributed by atoms with Gasteiger partial charge >= 0.3 is 0 Å². The molecule has 0 saturated carbocycles. The van der Waals surface area contributed by atoms with Crippen LogP contribution in [0.1, 0.15) is 52.3 Å². The van der Waals surface area contributed by atoms with E-state index in [9.17, 15) is 0 Å². The quantitative estimate of drug-likeness (QED) is 0.909. The summed E-state index contributed by atoms with van der Waals surface area (Å²) in [6, 6.07) is 0. The molecule has 1 aromatic heterocycles. The first-order valence-electron chi connectivity index (χ1n) is 6.75. The Balaban J connectivity index is 2.02. The molecule has 102 valence electrons.